The van der Waals surface area contributed by atoms with E-state index in [1.54, 1.807) is 11.3 Å². The molecule has 0 saturated carbocycles. The van der Waals surface area contributed by atoms with Crippen LogP contribution in [-0.2, 0) is 16.3 Å². The van der Waals surface area contributed by atoms with Gasteiger partial charge < -0.3 is 5.32 Å². The molecule has 5 heteroatoms. The first-order valence-corrected chi connectivity index (χ1v) is 9.75. The molecule has 108 valence electrons. The van der Waals surface area contributed by atoms with Gasteiger partial charge in [-0.3, -0.25) is 0 Å². The Morgan fingerprint density at radius 3 is 2.95 bits per heavy atom. The van der Waals surface area contributed by atoms with Gasteiger partial charge in [-0.15, -0.1) is 0 Å². The van der Waals surface area contributed by atoms with Crippen LogP contribution in [0.25, 0.3) is 0 Å². The minimum absolute atomic E-state index is 0.107. The van der Waals surface area contributed by atoms with Crippen molar-refractivity contribution in [3.8, 4) is 0 Å². The van der Waals surface area contributed by atoms with E-state index in [0.29, 0.717) is 5.75 Å². The molecule has 1 saturated heterocycles. The quantitative estimate of drug-likeness (QED) is 0.878. The van der Waals surface area contributed by atoms with Gasteiger partial charge in [0.15, 0.2) is 9.84 Å². The lowest BCUT2D eigenvalue weighted by molar-refractivity contribution is 0.424. The molecule has 0 amide bonds. The fraction of sp³-hybridized carbons (Fsp3) is 0.714. The van der Waals surface area contributed by atoms with Crippen molar-refractivity contribution < 1.29 is 8.42 Å². The number of hydrogen-bond acceptors (Lipinski definition) is 4. The van der Waals surface area contributed by atoms with E-state index in [-0.39, 0.29) is 11.3 Å². The van der Waals surface area contributed by atoms with Crippen molar-refractivity contribution in [1.29, 1.82) is 0 Å². The summed E-state index contributed by atoms with van der Waals surface area (Å²) in [5.74, 6) is 0.373. The highest BCUT2D eigenvalue weighted by Crippen LogP contribution is 2.25. The number of sulfone groups is 1. The summed E-state index contributed by atoms with van der Waals surface area (Å²) in [4.78, 5) is 0. The van der Waals surface area contributed by atoms with Gasteiger partial charge >= 0.3 is 0 Å². The molecule has 0 bridgehead atoms. The number of nitrogens with one attached hydrogen (secondary N) is 1. The summed E-state index contributed by atoms with van der Waals surface area (Å²) in [6.45, 7) is 2.88. The van der Waals surface area contributed by atoms with Crippen LogP contribution in [0.2, 0.25) is 0 Å². The molecule has 3 nitrogen and oxygen atoms in total. The molecule has 2 unspecified atom stereocenters. The summed E-state index contributed by atoms with van der Waals surface area (Å²) >= 11 is 1.70. The van der Waals surface area contributed by atoms with E-state index in [9.17, 15) is 8.42 Å². The maximum absolute atomic E-state index is 12.2. The monoisotopic (exact) mass is 301 g/mol. The maximum Gasteiger partial charge on any atom is 0.154 e. The number of aryl methyl sites for hydroxylation is 1. The second kappa shape index (κ2) is 6.86. The molecule has 1 aromatic heterocycles. The molecule has 0 aliphatic carbocycles. The molecule has 1 aliphatic heterocycles. The third kappa shape index (κ3) is 4.04. The first kappa shape index (κ1) is 15.0. The molecule has 0 aromatic carbocycles. The zero-order valence-electron chi connectivity index (χ0n) is 11.5. The Hall–Kier alpha value is -0.390. The standard InChI is InChI=1S/C14H23NO2S2/c1-2-15-13(7-6-12-8-9-18-11-12)14-5-3-4-10-19(14,16)17/h8-9,11,13-15H,2-7,10H2,1H3. The van der Waals surface area contributed by atoms with Gasteiger partial charge in [0.2, 0.25) is 0 Å². The van der Waals surface area contributed by atoms with Crippen LogP contribution in [0.1, 0.15) is 38.2 Å². The average molecular weight is 301 g/mol. The first-order chi connectivity index (χ1) is 9.13. The number of rotatable bonds is 6. The average Bonchev–Trinajstić information content (AvgIpc) is 2.87. The Morgan fingerprint density at radius 1 is 1.47 bits per heavy atom. The molecule has 1 aliphatic rings. The van der Waals surface area contributed by atoms with Crippen LogP contribution in [0.3, 0.4) is 0 Å². The smallest absolute Gasteiger partial charge is 0.154 e. The van der Waals surface area contributed by atoms with Gasteiger partial charge in [-0.25, -0.2) is 8.42 Å². The van der Waals surface area contributed by atoms with Gasteiger partial charge in [0.25, 0.3) is 0 Å². The van der Waals surface area contributed by atoms with E-state index in [4.69, 9.17) is 0 Å². The van der Waals surface area contributed by atoms with Gasteiger partial charge in [0.05, 0.1) is 11.0 Å². The van der Waals surface area contributed by atoms with E-state index >= 15 is 0 Å². The molecule has 0 spiro atoms. The van der Waals surface area contributed by atoms with Gasteiger partial charge in [0.1, 0.15) is 0 Å². The molecule has 1 N–H and O–H groups in total. The van der Waals surface area contributed by atoms with Gasteiger partial charge in [0, 0.05) is 6.04 Å². The Bertz CT molecular complexity index is 468. The Balaban J connectivity index is 2.01. The molecule has 2 atom stereocenters. The summed E-state index contributed by atoms with van der Waals surface area (Å²) in [5, 5.41) is 7.44. The summed E-state index contributed by atoms with van der Waals surface area (Å²) in [6.07, 6.45) is 4.58. The van der Waals surface area contributed by atoms with Crippen LogP contribution in [0, 0.1) is 0 Å². The predicted octanol–water partition coefficient (Wildman–Crippen LogP) is 2.63. The fourth-order valence-electron chi connectivity index (χ4n) is 2.87. The first-order valence-electron chi connectivity index (χ1n) is 7.09. The van der Waals surface area contributed by atoms with E-state index in [0.717, 1.165) is 38.6 Å². The van der Waals surface area contributed by atoms with Crippen molar-refractivity contribution in [1.82, 2.24) is 5.32 Å². The number of hydrogen-bond donors (Lipinski definition) is 1. The molecule has 19 heavy (non-hydrogen) atoms. The number of thiophene rings is 1. The normalized spacial score (nSPS) is 24.2. The van der Waals surface area contributed by atoms with Gasteiger partial charge in [-0.05, 0) is 54.6 Å². The van der Waals surface area contributed by atoms with Crippen molar-refractivity contribution in [3.05, 3.63) is 22.4 Å². The summed E-state index contributed by atoms with van der Waals surface area (Å²) in [6, 6.07) is 2.23. The topological polar surface area (TPSA) is 46.2 Å². The van der Waals surface area contributed by atoms with Crippen LogP contribution in [0.5, 0.6) is 0 Å². The molecule has 2 rings (SSSR count). The Kier molecular flexibility index (Phi) is 5.42. The Morgan fingerprint density at radius 2 is 2.32 bits per heavy atom. The minimum atomic E-state index is -2.90. The minimum Gasteiger partial charge on any atom is -0.313 e. The maximum atomic E-state index is 12.2. The third-order valence-electron chi connectivity index (χ3n) is 3.87. The SMILES string of the molecule is CCNC(CCc1ccsc1)C1CCCCS1(=O)=O. The second-order valence-electron chi connectivity index (χ2n) is 5.24. The zero-order valence-corrected chi connectivity index (χ0v) is 13.1. The van der Waals surface area contributed by atoms with Crippen LogP contribution >= 0.6 is 11.3 Å². The van der Waals surface area contributed by atoms with Gasteiger partial charge in [-0.1, -0.05) is 13.3 Å². The summed E-state index contributed by atoms with van der Waals surface area (Å²) < 4.78 is 24.4. The lowest BCUT2D eigenvalue weighted by Gasteiger charge is -2.30. The second-order valence-corrected chi connectivity index (χ2v) is 8.36. The van der Waals surface area contributed by atoms with Crippen molar-refractivity contribution in [2.75, 3.05) is 12.3 Å². The molecule has 1 fully saturated rings. The highest BCUT2D eigenvalue weighted by molar-refractivity contribution is 7.92. The highest BCUT2D eigenvalue weighted by atomic mass is 32.2. The van der Waals surface area contributed by atoms with Crippen molar-refractivity contribution in [2.45, 2.75) is 50.3 Å². The van der Waals surface area contributed by atoms with Crippen molar-refractivity contribution in [2.24, 2.45) is 0 Å². The molecular weight excluding hydrogens is 278 g/mol. The molecule has 2 heterocycles. The van der Waals surface area contributed by atoms with Crippen LogP contribution in [0.15, 0.2) is 16.8 Å². The lowest BCUT2D eigenvalue weighted by Crippen LogP contribution is -2.46. The van der Waals surface area contributed by atoms with E-state index in [2.05, 4.69) is 22.1 Å². The van der Waals surface area contributed by atoms with E-state index < -0.39 is 9.84 Å². The van der Waals surface area contributed by atoms with E-state index in [1.165, 1.54) is 5.56 Å². The molecule has 0 radical (unpaired) electrons. The largest absolute Gasteiger partial charge is 0.313 e. The van der Waals surface area contributed by atoms with Crippen molar-refractivity contribution in [3.63, 3.8) is 0 Å². The van der Waals surface area contributed by atoms with Crippen LogP contribution in [0.4, 0.5) is 0 Å². The van der Waals surface area contributed by atoms with Gasteiger partial charge in [-0.2, -0.15) is 11.3 Å². The zero-order chi connectivity index (χ0) is 13.7. The third-order valence-corrected chi connectivity index (χ3v) is 6.94. The summed E-state index contributed by atoms with van der Waals surface area (Å²) in [7, 11) is -2.90. The van der Waals surface area contributed by atoms with E-state index in [1.807, 2.05) is 6.92 Å². The molecular formula is C14H23NO2S2. The van der Waals surface area contributed by atoms with Crippen LogP contribution in [-0.4, -0.2) is 32.0 Å². The Labute approximate surface area is 120 Å². The van der Waals surface area contributed by atoms with Crippen molar-refractivity contribution >= 4 is 21.2 Å². The highest BCUT2D eigenvalue weighted by Gasteiger charge is 2.34. The summed E-state index contributed by atoms with van der Waals surface area (Å²) in [5.41, 5.74) is 1.32. The van der Waals surface area contributed by atoms with Crippen LogP contribution < -0.4 is 5.32 Å². The lowest BCUT2D eigenvalue weighted by atomic mass is 10.0. The predicted molar refractivity (Wildman–Crippen MR) is 81.5 cm³/mol. The molecule has 1 aromatic rings. The fourth-order valence-corrected chi connectivity index (χ4v) is 5.74.